The minimum Gasteiger partial charge on any atom is -0.477 e. The number of hydrogen-bond acceptors (Lipinski definition) is 7. The predicted octanol–water partition coefficient (Wildman–Crippen LogP) is 6.29. The van der Waals surface area contributed by atoms with E-state index in [-0.39, 0.29) is 17.6 Å². The molecule has 5 heterocycles. The largest absolute Gasteiger partial charge is 0.477 e. The summed E-state index contributed by atoms with van der Waals surface area (Å²) in [5.41, 5.74) is 4.19. The second-order valence-electron chi connectivity index (χ2n) is 11.0. The molecule has 1 atom stereocenters. The quantitative estimate of drug-likeness (QED) is 0.222. The standard InChI is InChI=1S/C31H29ClFN5O3S/c32-20-5-4-19(23(33)15-20)14-28-36-29-22(2-1-3-26(29)42-28)18-8-11-37(12-9-18)17-27-34-24-6-7-25(31(39)40)35-30(24)38(27)16-21-10-13-41-21/h1-7,15,18,21H,8-14,16-17H2,(H,39,40). The van der Waals surface area contributed by atoms with Gasteiger partial charge in [-0.2, -0.15) is 0 Å². The molecule has 5 aromatic rings. The smallest absolute Gasteiger partial charge is 0.354 e. The van der Waals surface area contributed by atoms with Crippen LogP contribution in [0.15, 0.2) is 48.5 Å². The third-order valence-corrected chi connectivity index (χ3v) is 9.57. The Balaban J connectivity index is 1.07. The Bertz CT molecular complexity index is 1790. The summed E-state index contributed by atoms with van der Waals surface area (Å²) in [5.74, 6) is -0.0856. The van der Waals surface area contributed by atoms with E-state index in [1.54, 1.807) is 29.5 Å². The minimum absolute atomic E-state index is 0.0169. The number of para-hydroxylation sites is 1. The molecule has 3 aromatic heterocycles. The lowest BCUT2D eigenvalue weighted by Crippen LogP contribution is -2.35. The molecule has 2 saturated heterocycles. The van der Waals surface area contributed by atoms with Crippen molar-refractivity contribution in [1.29, 1.82) is 0 Å². The molecule has 2 fully saturated rings. The molecule has 1 N–H and O–H groups in total. The van der Waals surface area contributed by atoms with Gasteiger partial charge in [-0.05, 0) is 79.7 Å². The van der Waals surface area contributed by atoms with E-state index in [0.717, 1.165) is 60.0 Å². The highest BCUT2D eigenvalue weighted by atomic mass is 35.5. The first kappa shape index (κ1) is 27.4. The number of thiazole rings is 1. The maximum absolute atomic E-state index is 14.4. The van der Waals surface area contributed by atoms with E-state index in [9.17, 15) is 14.3 Å². The first-order chi connectivity index (χ1) is 20.4. The number of hydrogen-bond donors (Lipinski definition) is 1. The second-order valence-corrected chi connectivity index (χ2v) is 12.6. The van der Waals surface area contributed by atoms with Gasteiger partial charge in [-0.3, -0.25) is 4.90 Å². The van der Waals surface area contributed by atoms with Gasteiger partial charge >= 0.3 is 5.97 Å². The Morgan fingerprint density at radius 2 is 1.93 bits per heavy atom. The fraction of sp³-hybridized carbons (Fsp3) is 0.355. The van der Waals surface area contributed by atoms with Crippen LogP contribution < -0.4 is 0 Å². The molecule has 0 amide bonds. The zero-order chi connectivity index (χ0) is 28.8. The monoisotopic (exact) mass is 605 g/mol. The van der Waals surface area contributed by atoms with Crippen molar-refractivity contribution in [2.45, 2.75) is 50.8 Å². The van der Waals surface area contributed by atoms with Crippen molar-refractivity contribution in [2.24, 2.45) is 0 Å². The Kier molecular flexibility index (Phi) is 7.39. The van der Waals surface area contributed by atoms with Crippen LogP contribution in [0.4, 0.5) is 4.39 Å². The number of aromatic carboxylic acids is 1. The van der Waals surface area contributed by atoms with Crippen LogP contribution in [0.3, 0.4) is 0 Å². The molecule has 0 radical (unpaired) electrons. The van der Waals surface area contributed by atoms with Crippen LogP contribution in [0.25, 0.3) is 21.4 Å². The molecule has 7 rings (SSSR count). The van der Waals surface area contributed by atoms with Crippen molar-refractivity contribution in [1.82, 2.24) is 24.4 Å². The van der Waals surface area contributed by atoms with Crippen LogP contribution in [0.5, 0.6) is 0 Å². The molecule has 42 heavy (non-hydrogen) atoms. The first-order valence-electron chi connectivity index (χ1n) is 14.2. The molecule has 0 spiro atoms. The maximum atomic E-state index is 14.4. The number of nitrogens with zero attached hydrogens (tertiary/aromatic N) is 5. The highest BCUT2D eigenvalue weighted by molar-refractivity contribution is 7.18. The van der Waals surface area contributed by atoms with E-state index in [2.05, 4.69) is 28.1 Å². The number of halogens is 2. The number of aromatic nitrogens is 4. The van der Waals surface area contributed by atoms with E-state index in [1.165, 1.54) is 17.7 Å². The summed E-state index contributed by atoms with van der Waals surface area (Å²) in [7, 11) is 0. The Labute approximate surface area is 250 Å². The van der Waals surface area contributed by atoms with Crippen LogP contribution in [0.2, 0.25) is 5.02 Å². The summed E-state index contributed by atoms with van der Waals surface area (Å²) in [6.07, 6.45) is 3.50. The molecule has 2 aliphatic heterocycles. The van der Waals surface area contributed by atoms with Crippen LogP contribution in [0, 0.1) is 5.82 Å². The molecular formula is C31H29ClFN5O3S. The van der Waals surface area contributed by atoms with Gasteiger partial charge in [0.1, 0.15) is 17.2 Å². The zero-order valence-corrected chi connectivity index (χ0v) is 24.4. The molecule has 2 aromatic carbocycles. The molecule has 216 valence electrons. The van der Waals surface area contributed by atoms with Crippen molar-refractivity contribution >= 4 is 50.3 Å². The first-order valence-corrected chi connectivity index (χ1v) is 15.4. The highest BCUT2D eigenvalue weighted by Gasteiger charge is 2.27. The van der Waals surface area contributed by atoms with Gasteiger partial charge in [-0.25, -0.2) is 24.1 Å². The number of pyridine rings is 1. The summed E-state index contributed by atoms with van der Waals surface area (Å²) in [5, 5.41) is 10.8. The number of fused-ring (bicyclic) bond motifs is 2. The molecule has 8 nitrogen and oxygen atoms in total. The lowest BCUT2D eigenvalue weighted by molar-refractivity contribution is -0.0593. The van der Waals surface area contributed by atoms with Crippen molar-refractivity contribution in [2.75, 3.05) is 19.7 Å². The minimum atomic E-state index is -1.05. The van der Waals surface area contributed by atoms with Crippen LogP contribution >= 0.6 is 22.9 Å². The van der Waals surface area contributed by atoms with Crippen molar-refractivity contribution in [3.05, 3.63) is 87.0 Å². The van der Waals surface area contributed by atoms with Gasteiger partial charge in [0.15, 0.2) is 11.3 Å². The third-order valence-electron chi connectivity index (χ3n) is 8.31. The Hall–Kier alpha value is -3.44. The summed E-state index contributed by atoms with van der Waals surface area (Å²) in [6, 6.07) is 14.4. The average molecular weight is 606 g/mol. The van der Waals surface area contributed by atoms with E-state index in [4.69, 9.17) is 26.3 Å². The third kappa shape index (κ3) is 5.40. The molecule has 2 aliphatic rings. The predicted molar refractivity (Wildman–Crippen MR) is 160 cm³/mol. The number of ether oxygens (including phenoxy) is 1. The summed E-state index contributed by atoms with van der Waals surface area (Å²) in [6.45, 7) is 3.84. The van der Waals surface area contributed by atoms with Crippen molar-refractivity contribution < 1.29 is 19.0 Å². The number of rotatable bonds is 8. The number of benzene rings is 2. The fourth-order valence-electron chi connectivity index (χ4n) is 5.96. The van der Waals surface area contributed by atoms with E-state index in [0.29, 0.717) is 47.2 Å². The number of imidazole rings is 1. The molecule has 0 bridgehead atoms. The van der Waals surface area contributed by atoms with Gasteiger partial charge in [0.2, 0.25) is 0 Å². The average Bonchev–Trinajstić information content (AvgIpc) is 3.52. The zero-order valence-electron chi connectivity index (χ0n) is 22.8. The topological polar surface area (TPSA) is 93.4 Å². The van der Waals surface area contributed by atoms with Gasteiger partial charge in [-0.1, -0.05) is 29.8 Å². The van der Waals surface area contributed by atoms with Crippen LogP contribution in [-0.2, 0) is 24.2 Å². The van der Waals surface area contributed by atoms with Gasteiger partial charge < -0.3 is 14.4 Å². The number of carbonyl (C=O) groups is 1. The molecule has 1 unspecified atom stereocenters. The van der Waals surface area contributed by atoms with E-state index in [1.807, 2.05) is 4.57 Å². The van der Waals surface area contributed by atoms with Gasteiger partial charge in [0.05, 0.1) is 34.4 Å². The number of carboxylic acids is 1. The van der Waals surface area contributed by atoms with Gasteiger partial charge in [0.25, 0.3) is 0 Å². The van der Waals surface area contributed by atoms with Crippen LogP contribution in [-0.4, -0.2) is 61.3 Å². The number of piperidine rings is 1. The Morgan fingerprint density at radius 1 is 1.10 bits per heavy atom. The number of likely N-dealkylation sites (tertiary alicyclic amines) is 1. The highest BCUT2D eigenvalue weighted by Crippen LogP contribution is 2.36. The van der Waals surface area contributed by atoms with Gasteiger partial charge in [0, 0.05) is 18.1 Å². The summed E-state index contributed by atoms with van der Waals surface area (Å²) < 4.78 is 23.3. The Morgan fingerprint density at radius 3 is 2.67 bits per heavy atom. The second kappa shape index (κ2) is 11.3. The molecule has 0 aliphatic carbocycles. The summed E-state index contributed by atoms with van der Waals surface area (Å²) >= 11 is 7.55. The fourth-order valence-corrected chi connectivity index (χ4v) is 7.15. The van der Waals surface area contributed by atoms with Crippen molar-refractivity contribution in [3.8, 4) is 0 Å². The summed E-state index contributed by atoms with van der Waals surface area (Å²) in [4.78, 5) is 28.2. The molecule has 0 saturated carbocycles. The number of carboxylic acid groups (broad SMARTS) is 1. The SMILES string of the molecule is O=C(O)c1ccc2nc(CN3CCC(c4cccc5sc(Cc6ccc(Cl)cc6F)nc45)CC3)n(CC3CCO3)c2n1. The molecular weight excluding hydrogens is 577 g/mol. The van der Waals surface area contributed by atoms with Crippen LogP contribution in [0.1, 0.15) is 57.6 Å². The maximum Gasteiger partial charge on any atom is 0.354 e. The van der Waals surface area contributed by atoms with E-state index >= 15 is 0 Å². The van der Waals surface area contributed by atoms with E-state index < -0.39 is 5.97 Å². The molecule has 11 heteroatoms. The lowest BCUT2D eigenvalue weighted by Gasteiger charge is -2.32. The van der Waals surface area contributed by atoms with Crippen molar-refractivity contribution in [3.63, 3.8) is 0 Å². The lowest BCUT2D eigenvalue weighted by atomic mass is 9.89. The normalized spacial score (nSPS) is 18.1. The van der Waals surface area contributed by atoms with Gasteiger partial charge in [-0.15, -0.1) is 11.3 Å².